The molecule has 0 fully saturated rings. The molecule has 0 bridgehead atoms. The highest BCUT2D eigenvalue weighted by molar-refractivity contribution is 6.32. The minimum atomic E-state index is -0.698. The number of ether oxygens (including phenoxy) is 1. The Morgan fingerprint density at radius 3 is 2.71 bits per heavy atom. The van der Waals surface area contributed by atoms with Crippen molar-refractivity contribution in [3.63, 3.8) is 0 Å². The lowest BCUT2D eigenvalue weighted by Gasteiger charge is -2.23. The van der Waals surface area contributed by atoms with Crippen LogP contribution in [0.1, 0.15) is 55.2 Å². The van der Waals surface area contributed by atoms with Crippen LogP contribution >= 0.6 is 11.6 Å². The molecule has 2 amide bonds. The van der Waals surface area contributed by atoms with E-state index < -0.39 is 17.6 Å². The van der Waals surface area contributed by atoms with Gasteiger partial charge in [0.15, 0.2) is 0 Å². The van der Waals surface area contributed by atoms with E-state index in [1.54, 1.807) is 32.9 Å². The number of anilines is 3. The van der Waals surface area contributed by atoms with Crippen LogP contribution in [0.2, 0.25) is 5.02 Å². The van der Waals surface area contributed by atoms with Crippen LogP contribution in [0.15, 0.2) is 24.3 Å². The lowest BCUT2D eigenvalue weighted by Crippen LogP contribution is -2.37. The number of nitrogens with zero attached hydrogens (tertiary/aromatic N) is 3. The molecule has 0 atom stereocenters. The highest BCUT2D eigenvalue weighted by Crippen LogP contribution is 2.37. The van der Waals surface area contributed by atoms with Crippen molar-refractivity contribution in [2.24, 2.45) is 0 Å². The predicted octanol–water partition coefficient (Wildman–Crippen LogP) is 5.14. The molecule has 0 spiro atoms. The predicted molar refractivity (Wildman–Crippen MR) is 121 cm³/mol. The zero-order valence-electron chi connectivity index (χ0n) is 18.3. The second kappa shape index (κ2) is 8.04. The molecule has 0 aliphatic carbocycles. The maximum Gasteiger partial charge on any atom is 0.417 e. The Balaban J connectivity index is 1.63. The van der Waals surface area contributed by atoms with Crippen LogP contribution in [0.5, 0.6) is 0 Å². The molecule has 2 aromatic rings. The van der Waals surface area contributed by atoms with Crippen LogP contribution in [0.3, 0.4) is 0 Å². The van der Waals surface area contributed by atoms with Gasteiger partial charge in [-0.15, -0.1) is 0 Å². The molecule has 0 saturated heterocycles. The molecular formula is C23H27ClN4O3. The number of imide groups is 1. The number of pyridine rings is 1. The van der Waals surface area contributed by atoms with Gasteiger partial charge in [-0.2, -0.15) is 0 Å². The summed E-state index contributed by atoms with van der Waals surface area (Å²) in [5.74, 6) is 0.228. The Labute approximate surface area is 187 Å². The third-order valence-corrected chi connectivity index (χ3v) is 5.78. The fourth-order valence-corrected chi connectivity index (χ4v) is 4.17. The van der Waals surface area contributed by atoms with Crippen LogP contribution in [0, 0.1) is 0 Å². The zero-order valence-corrected chi connectivity index (χ0v) is 19.0. The fraction of sp³-hybridized carbons (Fsp3) is 0.435. The van der Waals surface area contributed by atoms with E-state index in [2.05, 4.69) is 23.3 Å². The SMILES string of the molecule is CN1CCCCc2nc(Nc3ccc(Cl)c4c3C(=O)N(C(=O)OC(C)(C)C)C4)ccc21. The fourth-order valence-electron chi connectivity index (χ4n) is 3.95. The summed E-state index contributed by atoms with van der Waals surface area (Å²) in [5.41, 5.74) is 3.04. The summed E-state index contributed by atoms with van der Waals surface area (Å²) >= 11 is 6.36. The smallest absolute Gasteiger partial charge is 0.417 e. The summed E-state index contributed by atoms with van der Waals surface area (Å²) in [6.45, 7) is 6.39. The van der Waals surface area contributed by atoms with Gasteiger partial charge in [0.2, 0.25) is 0 Å². The number of halogens is 1. The third kappa shape index (κ3) is 4.32. The van der Waals surface area contributed by atoms with Crippen molar-refractivity contribution >= 4 is 40.8 Å². The topological polar surface area (TPSA) is 74.8 Å². The molecule has 0 unspecified atom stereocenters. The molecule has 3 heterocycles. The van der Waals surface area contributed by atoms with Gasteiger partial charge in [-0.3, -0.25) is 4.79 Å². The van der Waals surface area contributed by atoms with Gasteiger partial charge >= 0.3 is 6.09 Å². The van der Waals surface area contributed by atoms with E-state index in [1.165, 1.54) is 0 Å². The number of carbonyl (C=O) groups excluding carboxylic acids is 2. The summed E-state index contributed by atoms with van der Waals surface area (Å²) < 4.78 is 5.39. The van der Waals surface area contributed by atoms with E-state index in [9.17, 15) is 9.59 Å². The number of carbonyl (C=O) groups is 2. The highest BCUT2D eigenvalue weighted by Gasteiger charge is 2.38. The van der Waals surface area contributed by atoms with Crippen molar-refractivity contribution in [3.05, 3.63) is 46.1 Å². The molecule has 1 aromatic carbocycles. The second-order valence-electron chi connectivity index (χ2n) is 8.99. The van der Waals surface area contributed by atoms with E-state index in [1.807, 2.05) is 6.07 Å². The number of nitrogens with one attached hydrogen (secondary N) is 1. The van der Waals surface area contributed by atoms with E-state index in [0.29, 0.717) is 27.7 Å². The Hall–Kier alpha value is -2.80. The first-order valence-electron chi connectivity index (χ1n) is 10.5. The molecule has 31 heavy (non-hydrogen) atoms. The molecule has 1 N–H and O–H groups in total. The third-order valence-electron chi connectivity index (χ3n) is 5.43. The number of hydrogen-bond acceptors (Lipinski definition) is 6. The normalized spacial score (nSPS) is 16.0. The van der Waals surface area contributed by atoms with Crippen molar-refractivity contribution in [3.8, 4) is 0 Å². The number of fused-ring (bicyclic) bond motifs is 2. The maximum atomic E-state index is 13.1. The average Bonchev–Trinajstić information content (AvgIpc) is 2.94. The monoisotopic (exact) mass is 442 g/mol. The van der Waals surface area contributed by atoms with Crippen LogP contribution in [-0.2, 0) is 17.7 Å². The molecule has 2 aliphatic heterocycles. The van der Waals surface area contributed by atoms with Crippen molar-refractivity contribution in [1.82, 2.24) is 9.88 Å². The Kier molecular flexibility index (Phi) is 5.56. The van der Waals surface area contributed by atoms with Gasteiger partial charge in [-0.1, -0.05) is 11.6 Å². The summed E-state index contributed by atoms with van der Waals surface area (Å²) in [6, 6.07) is 7.44. The van der Waals surface area contributed by atoms with Crippen molar-refractivity contribution < 1.29 is 14.3 Å². The minimum Gasteiger partial charge on any atom is -0.443 e. The Morgan fingerprint density at radius 2 is 1.97 bits per heavy atom. The van der Waals surface area contributed by atoms with Crippen molar-refractivity contribution in [1.29, 1.82) is 0 Å². The molecule has 164 valence electrons. The first-order chi connectivity index (χ1) is 14.6. The van der Waals surface area contributed by atoms with E-state index in [-0.39, 0.29) is 6.54 Å². The molecule has 2 aliphatic rings. The zero-order chi connectivity index (χ0) is 22.3. The first-order valence-corrected chi connectivity index (χ1v) is 10.9. The molecule has 7 nitrogen and oxygen atoms in total. The minimum absolute atomic E-state index is 0.0832. The van der Waals surface area contributed by atoms with Crippen LogP contribution in [0.25, 0.3) is 0 Å². The van der Waals surface area contributed by atoms with E-state index in [4.69, 9.17) is 21.3 Å². The molecule has 4 rings (SSSR count). The van der Waals surface area contributed by atoms with Crippen LogP contribution < -0.4 is 10.2 Å². The second-order valence-corrected chi connectivity index (χ2v) is 9.39. The largest absolute Gasteiger partial charge is 0.443 e. The Bertz CT molecular complexity index is 1050. The molecule has 8 heteroatoms. The summed E-state index contributed by atoms with van der Waals surface area (Å²) in [6.07, 6.45) is 2.46. The van der Waals surface area contributed by atoms with E-state index in [0.717, 1.165) is 42.1 Å². The maximum absolute atomic E-state index is 13.1. The van der Waals surface area contributed by atoms with Gasteiger partial charge in [0.1, 0.15) is 11.4 Å². The molecule has 1 aromatic heterocycles. The van der Waals surface area contributed by atoms with Crippen molar-refractivity contribution in [2.75, 3.05) is 23.8 Å². The standard InChI is InChI=1S/C23H27ClN4O3/c1-23(2,3)31-22(30)28-13-14-15(24)8-9-17(20(14)21(28)29)26-19-11-10-18-16(25-19)7-5-6-12-27(18)4/h8-11H,5-7,12-13H2,1-4H3,(H,25,26). The van der Waals surface area contributed by atoms with Crippen molar-refractivity contribution in [2.45, 2.75) is 52.2 Å². The summed E-state index contributed by atoms with van der Waals surface area (Å²) in [5, 5.41) is 3.71. The van der Waals surface area contributed by atoms with Gasteiger partial charge in [0.05, 0.1) is 29.2 Å². The molecular weight excluding hydrogens is 416 g/mol. The van der Waals surface area contributed by atoms with Crippen LogP contribution in [-0.4, -0.2) is 41.1 Å². The van der Waals surface area contributed by atoms with E-state index >= 15 is 0 Å². The number of amides is 2. The number of aryl methyl sites for hydroxylation is 1. The number of rotatable bonds is 2. The average molecular weight is 443 g/mol. The summed E-state index contributed by atoms with van der Waals surface area (Å²) in [4.78, 5) is 33.8. The number of aromatic nitrogens is 1. The van der Waals surface area contributed by atoms with Gasteiger partial charge in [0, 0.05) is 24.2 Å². The first kappa shape index (κ1) is 21.4. The molecule has 0 saturated carbocycles. The lowest BCUT2D eigenvalue weighted by atomic mass is 10.1. The number of hydrogen-bond donors (Lipinski definition) is 1. The molecule has 0 radical (unpaired) electrons. The Morgan fingerprint density at radius 1 is 1.19 bits per heavy atom. The van der Waals surface area contributed by atoms with Crippen LogP contribution in [0.4, 0.5) is 22.0 Å². The van der Waals surface area contributed by atoms with Gasteiger partial charge < -0.3 is 15.0 Å². The van der Waals surface area contributed by atoms with Gasteiger partial charge in [-0.05, 0) is 64.3 Å². The lowest BCUT2D eigenvalue weighted by molar-refractivity contribution is 0.0248. The number of benzene rings is 1. The van der Waals surface area contributed by atoms with Gasteiger partial charge in [-0.25, -0.2) is 14.7 Å². The van der Waals surface area contributed by atoms with Gasteiger partial charge in [0.25, 0.3) is 5.91 Å². The summed E-state index contributed by atoms with van der Waals surface area (Å²) in [7, 11) is 2.08. The quantitative estimate of drug-likeness (QED) is 0.693. The highest BCUT2D eigenvalue weighted by atomic mass is 35.5.